The lowest BCUT2D eigenvalue weighted by molar-refractivity contribution is 0.218. The first kappa shape index (κ1) is 25.8. The molecule has 3 aromatic rings. The minimum Gasteiger partial charge on any atom is -0.497 e. The number of rotatable bonds is 8. The first-order chi connectivity index (χ1) is 14.8. The minimum absolute atomic E-state index is 0.298. The van der Waals surface area contributed by atoms with Crippen molar-refractivity contribution in [1.29, 1.82) is 0 Å². The molecule has 0 heterocycles. The third kappa shape index (κ3) is 6.38. The zero-order chi connectivity index (χ0) is 22.2. The first-order valence-corrected chi connectivity index (χ1v) is 11.7. The lowest BCUT2D eigenvalue weighted by Gasteiger charge is -2.35. The Labute approximate surface area is 187 Å². The lowest BCUT2D eigenvalue weighted by atomic mass is 9.84. The van der Waals surface area contributed by atoms with Crippen LogP contribution in [-0.4, -0.2) is 26.6 Å². The Hall–Kier alpha value is -2.23. The van der Waals surface area contributed by atoms with E-state index in [9.17, 15) is 0 Å². The van der Waals surface area contributed by atoms with Crippen LogP contribution in [0, 0.1) is 0 Å². The summed E-state index contributed by atoms with van der Waals surface area (Å²) in [6.45, 7) is 8.71. The van der Waals surface area contributed by atoms with Gasteiger partial charge in [-0.05, 0) is 28.8 Å². The molecule has 0 N–H and O–H groups in total. The normalized spacial score (nSPS) is 10.2. The lowest BCUT2D eigenvalue weighted by Crippen LogP contribution is -2.26. The summed E-state index contributed by atoms with van der Waals surface area (Å²) < 4.78 is 10.4. The largest absolute Gasteiger partial charge is 0.497 e. The molecule has 0 atom stereocenters. The Bertz CT molecular complexity index is 747. The van der Waals surface area contributed by atoms with Crippen LogP contribution in [0.4, 0.5) is 0 Å². The Balaban J connectivity index is 0.00000106. The predicted molar refractivity (Wildman–Crippen MR) is 133 cm³/mol. The molecule has 162 valence electrons. The van der Waals surface area contributed by atoms with E-state index in [-0.39, 0.29) is 4.75 Å². The number of hydrogen-bond donors (Lipinski definition) is 0. The molecule has 30 heavy (non-hydrogen) atoms. The molecule has 0 aromatic heterocycles. The molecule has 0 unspecified atom stereocenters. The molecule has 0 saturated carbocycles. The molecule has 2 nitrogen and oxygen atoms in total. The summed E-state index contributed by atoms with van der Waals surface area (Å²) in [5.41, 5.74) is 3.76. The Morgan fingerprint density at radius 3 is 1.47 bits per heavy atom. The monoisotopic (exact) mass is 424 g/mol. The SMILES string of the molecule is CC.CC.COCCSC(c1ccccc1)(c1ccccc1)c1ccc(OC)cc1. The van der Waals surface area contributed by atoms with Gasteiger partial charge in [0.15, 0.2) is 0 Å². The van der Waals surface area contributed by atoms with Crippen LogP contribution < -0.4 is 4.74 Å². The van der Waals surface area contributed by atoms with E-state index < -0.39 is 0 Å². The first-order valence-electron chi connectivity index (χ1n) is 10.7. The molecule has 0 amide bonds. The Kier molecular flexibility index (Phi) is 12.6. The zero-order valence-corrected chi connectivity index (χ0v) is 20.0. The summed E-state index contributed by atoms with van der Waals surface area (Å²) in [4.78, 5) is 0. The molecule has 0 saturated heterocycles. The Morgan fingerprint density at radius 2 is 1.07 bits per heavy atom. The fourth-order valence-corrected chi connectivity index (χ4v) is 4.66. The van der Waals surface area contributed by atoms with E-state index in [0.717, 1.165) is 11.5 Å². The van der Waals surface area contributed by atoms with Crippen LogP contribution in [0.1, 0.15) is 44.4 Å². The summed E-state index contributed by atoms with van der Waals surface area (Å²) >= 11 is 1.90. The van der Waals surface area contributed by atoms with Crippen molar-refractivity contribution in [2.45, 2.75) is 32.4 Å². The molecule has 3 aromatic carbocycles. The topological polar surface area (TPSA) is 18.5 Å². The number of thioether (sulfide) groups is 1. The van der Waals surface area contributed by atoms with Crippen molar-refractivity contribution in [3.05, 3.63) is 102 Å². The zero-order valence-electron chi connectivity index (χ0n) is 19.2. The van der Waals surface area contributed by atoms with Gasteiger partial charge in [0.1, 0.15) is 5.75 Å². The van der Waals surface area contributed by atoms with Gasteiger partial charge in [0.05, 0.1) is 18.5 Å². The molecule has 0 aliphatic carbocycles. The van der Waals surface area contributed by atoms with E-state index in [2.05, 4.69) is 72.8 Å². The average molecular weight is 425 g/mol. The van der Waals surface area contributed by atoms with E-state index >= 15 is 0 Å². The van der Waals surface area contributed by atoms with Crippen LogP contribution in [0.2, 0.25) is 0 Å². The number of benzene rings is 3. The van der Waals surface area contributed by atoms with Gasteiger partial charge in [-0.15, -0.1) is 11.8 Å². The van der Waals surface area contributed by atoms with Crippen molar-refractivity contribution < 1.29 is 9.47 Å². The van der Waals surface area contributed by atoms with Gasteiger partial charge in [-0.2, -0.15) is 0 Å². The summed E-state index contributed by atoms with van der Waals surface area (Å²) in [6.07, 6.45) is 0. The second-order valence-corrected chi connectivity index (χ2v) is 7.29. The fraction of sp³-hybridized carbons (Fsp3) is 0.333. The fourth-order valence-electron chi connectivity index (χ4n) is 3.20. The molecule has 0 fully saturated rings. The highest BCUT2D eigenvalue weighted by Gasteiger charge is 2.36. The van der Waals surface area contributed by atoms with Gasteiger partial charge >= 0.3 is 0 Å². The van der Waals surface area contributed by atoms with Crippen LogP contribution >= 0.6 is 11.8 Å². The third-order valence-electron chi connectivity index (χ3n) is 4.46. The molecule has 0 aliphatic rings. The maximum atomic E-state index is 5.37. The van der Waals surface area contributed by atoms with Gasteiger partial charge in [-0.1, -0.05) is 100 Å². The van der Waals surface area contributed by atoms with Crippen molar-refractivity contribution in [1.82, 2.24) is 0 Å². The van der Waals surface area contributed by atoms with Gasteiger partial charge in [-0.3, -0.25) is 0 Å². The summed E-state index contributed by atoms with van der Waals surface area (Å²) in [5, 5.41) is 0. The van der Waals surface area contributed by atoms with Gasteiger partial charge in [0.25, 0.3) is 0 Å². The van der Waals surface area contributed by atoms with Crippen molar-refractivity contribution in [2.24, 2.45) is 0 Å². The van der Waals surface area contributed by atoms with Crippen LogP contribution in [-0.2, 0) is 9.48 Å². The molecular formula is C27H36O2S. The standard InChI is InChI=1S/C23H24O2S.2C2H6/c1-24-17-18-26-23(19-9-5-3-6-10-19,20-11-7-4-8-12-20)21-13-15-22(25-2)16-14-21;2*1-2/h3-16H,17-18H2,1-2H3;2*1-2H3. The van der Waals surface area contributed by atoms with Crippen LogP contribution in [0.15, 0.2) is 84.9 Å². The van der Waals surface area contributed by atoms with Crippen molar-refractivity contribution >= 4 is 11.8 Å². The van der Waals surface area contributed by atoms with E-state index in [4.69, 9.17) is 9.47 Å². The highest BCUT2D eigenvalue weighted by atomic mass is 32.2. The highest BCUT2D eigenvalue weighted by molar-refractivity contribution is 8.00. The number of methoxy groups -OCH3 is 2. The number of ether oxygens (including phenoxy) is 2. The van der Waals surface area contributed by atoms with Crippen LogP contribution in [0.5, 0.6) is 5.75 Å². The third-order valence-corrected chi connectivity index (χ3v) is 5.97. The smallest absolute Gasteiger partial charge is 0.118 e. The highest BCUT2D eigenvalue weighted by Crippen LogP contribution is 2.48. The van der Waals surface area contributed by atoms with Gasteiger partial charge in [-0.25, -0.2) is 0 Å². The molecule has 3 rings (SSSR count). The Morgan fingerprint density at radius 1 is 0.633 bits per heavy atom. The van der Waals surface area contributed by atoms with Gasteiger partial charge in [0.2, 0.25) is 0 Å². The second-order valence-electron chi connectivity index (χ2n) is 5.98. The second kappa shape index (κ2) is 14.7. The molecule has 0 bridgehead atoms. The van der Waals surface area contributed by atoms with Gasteiger partial charge < -0.3 is 9.47 Å². The quantitative estimate of drug-likeness (QED) is 0.277. The average Bonchev–Trinajstić information content (AvgIpc) is 2.86. The van der Waals surface area contributed by atoms with Crippen LogP contribution in [0.3, 0.4) is 0 Å². The van der Waals surface area contributed by atoms with E-state index in [1.54, 1.807) is 14.2 Å². The van der Waals surface area contributed by atoms with Crippen molar-refractivity contribution in [3.8, 4) is 5.75 Å². The molecule has 0 aliphatic heterocycles. The molecule has 0 radical (unpaired) electrons. The summed E-state index contributed by atoms with van der Waals surface area (Å²) in [5.74, 6) is 1.76. The van der Waals surface area contributed by atoms with Gasteiger partial charge in [0, 0.05) is 12.9 Å². The number of hydrogen-bond acceptors (Lipinski definition) is 3. The molecule has 0 spiro atoms. The van der Waals surface area contributed by atoms with Crippen LogP contribution in [0.25, 0.3) is 0 Å². The minimum atomic E-state index is -0.298. The molecular weight excluding hydrogens is 388 g/mol. The van der Waals surface area contributed by atoms with Crippen molar-refractivity contribution in [2.75, 3.05) is 26.6 Å². The molecule has 3 heteroatoms. The van der Waals surface area contributed by atoms with E-state index in [0.29, 0.717) is 6.61 Å². The maximum absolute atomic E-state index is 5.37. The summed E-state index contributed by atoms with van der Waals surface area (Å²) in [6, 6.07) is 29.8. The van der Waals surface area contributed by atoms with E-state index in [1.165, 1.54) is 16.7 Å². The van der Waals surface area contributed by atoms with E-state index in [1.807, 2.05) is 51.6 Å². The van der Waals surface area contributed by atoms with Crippen molar-refractivity contribution in [3.63, 3.8) is 0 Å². The summed E-state index contributed by atoms with van der Waals surface area (Å²) in [7, 11) is 3.45. The maximum Gasteiger partial charge on any atom is 0.118 e. The predicted octanol–water partition coefficient (Wildman–Crippen LogP) is 7.42.